The van der Waals surface area contributed by atoms with Gasteiger partial charge in [-0.2, -0.15) is 0 Å². The number of nitrogens with zero attached hydrogens (tertiary/aromatic N) is 5. The summed E-state index contributed by atoms with van der Waals surface area (Å²) in [5, 5.41) is 3.48. The van der Waals surface area contributed by atoms with Crippen LogP contribution in [-0.2, 0) is 13.6 Å². The lowest BCUT2D eigenvalue weighted by Gasteiger charge is -2.37. The maximum absolute atomic E-state index is 5.35. The molecule has 7 heteroatoms. The van der Waals surface area contributed by atoms with E-state index in [1.165, 1.54) is 5.69 Å². The normalized spacial score (nSPS) is 15.1. The number of anilines is 1. The Morgan fingerprint density at radius 2 is 1.90 bits per heavy atom. The Morgan fingerprint density at radius 3 is 2.62 bits per heavy atom. The minimum absolute atomic E-state index is 0.647. The molecule has 3 aromatic rings. The number of benzene rings is 2. The molecule has 2 aromatic carbocycles. The summed E-state index contributed by atoms with van der Waals surface area (Å²) in [7, 11) is 5.60. The Labute approximate surface area is 171 Å². The van der Waals surface area contributed by atoms with Crippen LogP contribution in [0.2, 0.25) is 0 Å². The van der Waals surface area contributed by atoms with Gasteiger partial charge in [-0.15, -0.1) is 0 Å². The summed E-state index contributed by atoms with van der Waals surface area (Å²) in [6, 6.07) is 16.5. The summed E-state index contributed by atoms with van der Waals surface area (Å²) >= 11 is 0. The molecule has 0 saturated carbocycles. The Bertz CT molecular complexity index is 1000. The van der Waals surface area contributed by atoms with Gasteiger partial charge in [0.2, 0.25) is 0 Å². The van der Waals surface area contributed by atoms with Crippen molar-refractivity contribution in [2.75, 3.05) is 45.2 Å². The molecule has 1 N–H and O–H groups in total. The number of aryl methyl sites for hydroxylation is 1. The van der Waals surface area contributed by atoms with Crippen molar-refractivity contribution in [1.29, 1.82) is 0 Å². The van der Waals surface area contributed by atoms with Crippen LogP contribution in [0.3, 0.4) is 0 Å². The van der Waals surface area contributed by atoms with Crippen LogP contribution in [0.5, 0.6) is 5.75 Å². The second-order valence-corrected chi connectivity index (χ2v) is 7.15. The third kappa shape index (κ3) is 3.99. The minimum atomic E-state index is 0.647. The topological polar surface area (TPSA) is 57.9 Å². The largest absolute Gasteiger partial charge is 0.497 e. The van der Waals surface area contributed by atoms with E-state index in [-0.39, 0.29) is 0 Å². The van der Waals surface area contributed by atoms with E-state index in [2.05, 4.69) is 49.9 Å². The van der Waals surface area contributed by atoms with Crippen LogP contribution >= 0.6 is 0 Å². The zero-order valence-electron chi connectivity index (χ0n) is 17.3. The van der Waals surface area contributed by atoms with Crippen molar-refractivity contribution in [3.63, 3.8) is 0 Å². The minimum Gasteiger partial charge on any atom is -0.497 e. The maximum atomic E-state index is 5.35. The SMILES string of the molecule is CN=C(NCc1nc2ccccc2n1C)N1CCN(c2cccc(OC)c2)CC1. The van der Waals surface area contributed by atoms with Crippen molar-refractivity contribution in [3.05, 3.63) is 54.4 Å². The number of hydrogen-bond acceptors (Lipinski definition) is 4. The predicted octanol–water partition coefficient (Wildman–Crippen LogP) is 2.48. The van der Waals surface area contributed by atoms with Gasteiger partial charge >= 0.3 is 0 Å². The van der Waals surface area contributed by atoms with Crippen molar-refractivity contribution in [2.45, 2.75) is 6.54 Å². The third-order valence-corrected chi connectivity index (χ3v) is 5.49. The highest BCUT2D eigenvalue weighted by Crippen LogP contribution is 2.22. The average molecular weight is 393 g/mol. The van der Waals surface area contributed by atoms with Gasteiger partial charge < -0.3 is 24.4 Å². The smallest absolute Gasteiger partial charge is 0.194 e. The molecule has 1 saturated heterocycles. The molecular formula is C22H28N6O. The molecule has 0 aliphatic carbocycles. The standard InChI is InChI=1S/C22H28N6O/c1-23-22(24-16-21-25-19-9-4-5-10-20(19)26(21)2)28-13-11-27(12-14-28)17-7-6-8-18(15-17)29-3/h4-10,15H,11-14,16H2,1-3H3,(H,23,24). The number of fused-ring (bicyclic) bond motifs is 1. The van der Waals surface area contributed by atoms with Gasteiger partial charge in [-0.25, -0.2) is 4.98 Å². The quantitative estimate of drug-likeness (QED) is 0.546. The number of methoxy groups -OCH3 is 1. The number of piperazine rings is 1. The van der Waals surface area contributed by atoms with Gasteiger partial charge in [0.15, 0.2) is 5.96 Å². The zero-order valence-corrected chi connectivity index (χ0v) is 17.3. The van der Waals surface area contributed by atoms with Crippen molar-refractivity contribution >= 4 is 22.7 Å². The molecular weight excluding hydrogens is 364 g/mol. The monoisotopic (exact) mass is 392 g/mol. The van der Waals surface area contributed by atoms with Gasteiger partial charge in [0.05, 0.1) is 24.7 Å². The van der Waals surface area contributed by atoms with Crippen molar-refractivity contribution in [1.82, 2.24) is 19.8 Å². The van der Waals surface area contributed by atoms with Crippen LogP contribution in [-0.4, -0.2) is 60.7 Å². The van der Waals surface area contributed by atoms with Crippen LogP contribution in [0.4, 0.5) is 5.69 Å². The highest BCUT2D eigenvalue weighted by molar-refractivity contribution is 5.80. The molecule has 0 radical (unpaired) electrons. The van der Waals surface area contributed by atoms with E-state index in [1.807, 2.05) is 37.4 Å². The molecule has 0 amide bonds. The second-order valence-electron chi connectivity index (χ2n) is 7.15. The Kier molecular flexibility index (Phi) is 5.55. The van der Waals surface area contributed by atoms with E-state index in [4.69, 9.17) is 9.72 Å². The van der Waals surface area contributed by atoms with Crippen LogP contribution in [0.15, 0.2) is 53.5 Å². The highest BCUT2D eigenvalue weighted by Gasteiger charge is 2.20. The van der Waals surface area contributed by atoms with Crippen molar-refractivity contribution in [3.8, 4) is 5.75 Å². The lowest BCUT2D eigenvalue weighted by molar-refractivity contribution is 0.371. The molecule has 2 heterocycles. The molecule has 0 bridgehead atoms. The molecule has 7 nitrogen and oxygen atoms in total. The first-order valence-corrected chi connectivity index (χ1v) is 9.94. The molecule has 4 rings (SSSR count). The molecule has 0 spiro atoms. The van der Waals surface area contributed by atoms with Gasteiger partial charge in [0.1, 0.15) is 11.6 Å². The first-order valence-electron chi connectivity index (χ1n) is 9.94. The van der Waals surface area contributed by atoms with E-state index >= 15 is 0 Å². The molecule has 1 aliphatic heterocycles. The fraction of sp³-hybridized carbons (Fsp3) is 0.364. The maximum Gasteiger partial charge on any atom is 0.194 e. The number of para-hydroxylation sites is 2. The number of aromatic nitrogens is 2. The number of guanidine groups is 1. The summed E-state index contributed by atoms with van der Waals surface area (Å²) in [6.45, 7) is 4.37. The molecule has 1 aromatic heterocycles. The summed E-state index contributed by atoms with van der Waals surface area (Å²) < 4.78 is 7.49. The molecule has 152 valence electrons. The van der Waals surface area contributed by atoms with Crippen molar-refractivity contribution < 1.29 is 4.74 Å². The summed E-state index contributed by atoms with van der Waals surface area (Å²) in [4.78, 5) is 13.9. The van der Waals surface area contributed by atoms with E-state index < -0.39 is 0 Å². The predicted molar refractivity (Wildman–Crippen MR) is 118 cm³/mol. The average Bonchev–Trinajstić information content (AvgIpc) is 3.10. The molecule has 1 aliphatic rings. The second kappa shape index (κ2) is 8.43. The fourth-order valence-corrected chi connectivity index (χ4v) is 3.83. The van der Waals surface area contributed by atoms with E-state index in [0.29, 0.717) is 6.54 Å². The molecule has 0 unspecified atom stereocenters. The van der Waals surface area contributed by atoms with Crippen molar-refractivity contribution in [2.24, 2.45) is 12.0 Å². The number of aliphatic imine (C=N–C) groups is 1. The number of rotatable bonds is 4. The first kappa shape index (κ1) is 19.1. The zero-order chi connectivity index (χ0) is 20.2. The number of ether oxygens (including phenoxy) is 1. The van der Waals surface area contributed by atoms with Gasteiger partial charge in [-0.1, -0.05) is 18.2 Å². The van der Waals surface area contributed by atoms with Gasteiger partial charge in [-0.05, 0) is 24.3 Å². The van der Waals surface area contributed by atoms with Crippen LogP contribution in [0.1, 0.15) is 5.82 Å². The van der Waals surface area contributed by atoms with Crippen LogP contribution in [0.25, 0.3) is 11.0 Å². The van der Waals surface area contributed by atoms with Crippen LogP contribution < -0.4 is 15.0 Å². The number of imidazole rings is 1. The highest BCUT2D eigenvalue weighted by atomic mass is 16.5. The Morgan fingerprint density at radius 1 is 1.10 bits per heavy atom. The number of nitrogens with one attached hydrogen (secondary N) is 1. The van der Waals surface area contributed by atoms with Gasteiger partial charge in [0.25, 0.3) is 0 Å². The summed E-state index contributed by atoms with van der Waals surface area (Å²) in [5.41, 5.74) is 3.37. The molecule has 1 fully saturated rings. The molecule has 0 atom stereocenters. The van der Waals surface area contributed by atoms with Gasteiger partial charge in [0, 0.05) is 52.0 Å². The van der Waals surface area contributed by atoms with E-state index in [1.54, 1.807) is 7.11 Å². The van der Waals surface area contributed by atoms with Gasteiger partial charge in [-0.3, -0.25) is 4.99 Å². The fourth-order valence-electron chi connectivity index (χ4n) is 3.83. The first-order chi connectivity index (χ1) is 14.2. The third-order valence-electron chi connectivity index (χ3n) is 5.49. The molecule has 29 heavy (non-hydrogen) atoms. The lowest BCUT2D eigenvalue weighted by Crippen LogP contribution is -2.52. The van der Waals surface area contributed by atoms with E-state index in [9.17, 15) is 0 Å². The van der Waals surface area contributed by atoms with E-state index in [0.717, 1.165) is 54.7 Å². The van der Waals surface area contributed by atoms with Crippen LogP contribution in [0, 0.1) is 0 Å². The summed E-state index contributed by atoms with van der Waals surface area (Å²) in [6.07, 6.45) is 0. The summed E-state index contributed by atoms with van der Waals surface area (Å²) in [5.74, 6) is 2.81. The Hall–Kier alpha value is -3.22. The number of hydrogen-bond donors (Lipinski definition) is 1. The lowest BCUT2D eigenvalue weighted by atomic mass is 10.2. The Balaban J connectivity index is 1.37.